The quantitative estimate of drug-likeness (QED) is 0.920. The Morgan fingerprint density at radius 3 is 2.52 bits per heavy atom. The van der Waals surface area contributed by atoms with Crippen molar-refractivity contribution in [1.82, 2.24) is 0 Å². The largest absolute Gasteiger partial charge is 0.490 e. The van der Waals surface area contributed by atoms with Crippen LogP contribution in [-0.2, 0) is 6.42 Å². The molecule has 0 fully saturated rings. The Balaban J connectivity index is 2.05. The van der Waals surface area contributed by atoms with Gasteiger partial charge in [-0.3, -0.25) is 0 Å². The fourth-order valence-corrected chi connectivity index (χ4v) is 3.21. The lowest BCUT2D eigenvalue weighted by molar-refractivity contribution is -0.690. The minimum absolute atomic E-state index is 0.101. The van der Waals surface area contributed by atoms with Crippen LogP contribution in [0.2, 0.25) is 0 Å². The number of fused-ring (bicyclic) bond motifs is 1. The van der Waals surface area contributed by atoms with Crippen molar-refractivity contribution in [3.05, 3.63) is 58.9 Å². The lowest BCUT2D eigenvalue weighted by Crippen LogP contribution is -2.87. The van der Waals surface area contributed by atoms with Gasteiger partial charge in [0.2, 0.25) is 0 Å². The van der Waals surface area contributed by atoms with Crippen LogP contribution in [-0.4, -0.2) is 19.8 Å². The molecule has 3 nitrogen and oxygen atoms in total. The molecule has 0 amide bonds. The molecule has 3 rings (SSSR count). The van der Waals surface area contributed by atoms with Crippen molar-refractivity contribution in [2.75, 3.05) is 19.8 Å². The third kappa shape index (κ3) is 3.32. The van der Waals surface area contributed by atoms with E-state index in [1.54, 1.807) is 12.1 Å². The summed E-state index contributed by atoms with van der Waals surface area (Å²) in [7, 11) is 0. The topological polar surface area (TPSA) is 35.1 Å². The molecule has 0 aromatic heterocycles. The third-order valence-electron chi connectivity index (χ3n) is 4.16. The van der Waals surface area contributed by atoms with Gasteiger partial charge in [-0.15, -0.1) is 0 Å². The fourth-order valence-electron chi connectivity index (χ4n) is 3.21. The molecule has 0 saturated carbocycles. The van der Waals surface area contributed by atoms with E-state index in [1.165, 1.54) is 17.2 Å². The normalized spacial score (nSPS) is 16.7. The maximum atomic E-state index is 13.6. The van der Waals surface area contributed by atoms with Gasteiger partial charge in [0.1, 0.15) is 11.9 Å². The Kier molecular flexibility index (Phi) is 4.82. The van der Waals surface area contributed by atoms with Crippen molar-refractivity contribution >= 4 is 0 Å². The average molecular weight is 316 g/mol. The van der Waals surface area contributed by atoms with Gasteiger partial charge in [-0.1, -0.05) is 12.1 Å². The first kappa shape index (κ1) is 15.8. The molecule has 2 aromatic carbocycles. The molecule has 1 aliphatic heterocycles. The zero-order valence-electron chi connectivity index (χ0n) is 13.6. The van der Waals surface area contributed by atoms with E-state index >= 15 is 0 Å². The molecule has 1 heterocycles. The fraction of sp³-hybridized carbons (Fsp3) is 0.368. The summed E-state index contributed by atoms with van der Waals surface area (Å²) in [6.07, 6.45) is 0.980. The predicted molar refractivity (Wildman–Crippen MR) is 87.5 cm³/mol. The van der Waals surface area contributed by atoms with E-state index in [1.807, 2.05) is 19.9 Å². The third-order valence-corrected chi connectivity index (χ3v) is 4.16. The van der Waals surface area contributed by atoms with Gasteiger partial charge in [0.05, 0.1) is 19.8 Å². The van der Waals surface area contributed by atoms with Gasteiger partial charge in [0.15, 0.2) is 11.5 Å². The van der Waals surface area contributed by atoms with E-state index in [2.05, 4.69) is 17.4 Å². The highest BCUT2D eigenvalue weighted by molar-refractivity contribution is 5.50. The Labute approximate surface area is 136 Å². The Hall–Kier alpha value is -2.07. The summed E-state index contributed by atoms with van der Waals surface area (Å²) in [6.45, 7) is 6.11. The van der Waals surface area contributed by atoms with Crippen LogP contribution < -0.4 is 14.8 Å². The molecule has 1 aliphatic rings. The first-order chi connectivity index (χ1) is 11.2. The lowest BCUT2D eigenvalue weighted by atomic mass is 9.89. The van der Waals surface area contributed by atoms with Gasteiger partial charge in [0.25, 0.3) is 0 Å². The van der Waals surface area contributed by atoms with Crippen LogP contribution in [0.5, 0.6) is 11.5 Å². The van der Waals surface area contributed by atoms with Crippen molar-refractivity contribution in [3.63, 3.8) is 0 Å². The SMILES string of the molecule is CCOc1cc2c(cc1OCC)[C@@H](c1cccc(F)c1)[NH2+]CC2. The van der Waals surface area contributed by atoms with Crippen LogP contribution in [0, 0.1) is 5.82 Å². The molecular weight excluding hydrogens is 293 g/mol. The average Bonchev–Trinajstić information content (AvgIpc) is 2.55. The maximum Gasteiger partial charge on any atom is 0.161 e. The molecule has 4 heteroatoms. The number of halogens is 1. The molecule has 2 N–H and O–H groups in total. The summed E-state index contributed by atoms with van der Waals surface area (Å²) in [5.41, 5.74) is 3.43. The predicted octanol–water partition coefficient (Wildman–Crippen LogP) is 2.83. The van der Waals surface area contributed by atoms with E-state index < -0.39 is 0 Å². The van der Waals surface area contributed by atoms with E-state index in [0.717, 1.165) is 30.0 Å². The number of hydrogen-bond donors (Lipinski definition) is 1. The standard InChI is InChI=1S/C19H22FNO2/c1-3-22-17-11-13-8-9-21-19(14-6-5-7-15(20)10-14)16(13)12-18(17)23-4-2/h5-7,10-12,19,21H,3-4,8-9H2,1-2H3/p+1/t19-/m1/s1. The summed E-state index contributed by atoms with van der Waals surface area (Å²) in [6, 6.07) is 11.1. The van der Waals surface area contributed by atoms with E-state index in [4.69, 9.17) is 9.47 Å². The molecule has 0 bridgehead atoms. The number of rotatable bonds is 5. The smallest absolute Gasteiger partial charge is 0.161 e. The Morgan fingerprint density at radius 2 is 1.83 bits per heavy atom. The van der Waals surface area contributed by atoms with Crippen molar-refractivity contribution in [2.24, 2.45) is 0 Å². The van der Waals surface area contributed by atoms with E-state index in [0.29, 0.717) is 13.2 Å². The Morgan fingerprint density at radius 1 is 1.09 bits per heavy atom. The van der Waals surface area contributed by atoms with Gasteiger partial charge in [-0.25, -0.2) is 4.39 Å². The number of hydrogen-bond acceptors (Lipinski definition) is 2. The highest BCUT2D eigenvalue weighted by Crippen LogP contribution is 2.36. The van der Waals surface area contributed by atoms with Crippen molar-refractivity contribution in [3.8, 4) is 11.5 Å². The monoisotopic (exact) mass is 316 g/mol. The number of ether oxygens (including phenoxy) is 2. The molecule has 23 heavy (non-hydrogen) atoms. The van der Waals surface area contributed by atoms with Gasteiger partial charge >= 0.3 is 0 Å². The van der Waals surface area contributed by atoms with Crippen LogP contribution in [0.15, 0.2) is 36.4 Å². The minimum Gasteiger partial charge on any atom is -0.490 e. The number of benzene rings is 2. The van der Waals surface area contributed by atoms with Crippen LogP contribution in [0.1, 0.15) is 36.6 Å². The van der Waals surface area contributed by atoms with Crippen molar-refractivity contribution in [2.45, 2.75) is 26.3 Å². The van der Waals surface area contributed by atoms with Gasteiger partial charge in [-0.05, 0) is 43.7 Å². The van der Waals surface area contributed by atoms with Gasteiger partial charge < -0.3 is 14.8 Å². The van der Waals surface area contributed by atoms with E-state index in [-0.39, 0.29) is 11.9 Å². The molecule has 0 saturated heterocycles. The summed E-state index contributed by atoms with van der Waals surface area (Å²) >= 11 is 0. The number of nitrogens with two attached hydrogens (primary N) is 1. The first-order valence-electron chi connectivity index (χ1n) is 8.24. The summed E-state index contributed by atoms with van der Waals surface area (Å²) in [5.74, 6) is 1.37. The first-order valence-corrected chi connectivity index (χ1v) is 8.24. The van der Waals surface area contributed by atoms with Crippen molar-refractivity contribution < 1.29 is 19.2 Å². The van der Waals surface area contributed by atoms with Crippen LogP contribution >= 0.6 is 0 Å². The zero-order chi connectivity index (χ0) is 16.2. The summed E-state index contributed by atoms with van der Waals surface area (Å²) < 4.78 is 25.1. The summed E-state index contributed by atoms with van der Waals surface area (Å²) in [4.78, 5) is 0. The second kappa shape index (κ2) is 7.01. The molecule has 0 spiro atoms. The molecule has 0 aliphatic carbocycles. The van der Waals surface area contributed by atoms with Gasteiger partial charge in [0, 0.05) is 17.5 Å². The molecule has 0 unspecified atom stereocenters. The second-order valence-electron chi connectivity index (χ2n) is 5.67. The molecule has 122 valence electrons. The number of quaternary nitrogens is 1. The van der Waals surface area contributed by atoms with Crippen LogP contribution in [0.4, 0.5) is 4.39 Å². The molecule has 1 atom stereocenters. The van der Waals surface area contributed by atoms with Crippen LogP contribution in [0.3, 0.4) is 0 Å². The Bertz CT molecular complexity index is 687. The van der Waals surface area contributed by atoms with E-state index in [9.17, 15) is 4.39 Å². The zero-order valence-corrected chi connectivity index (χ0v) is 13.6. The highest BCUT2D eigenvalue weighted by Gasteiger charge is 2.27. The molecule has 0 radical (unpaired) electrons. The molecule has 2 aromatic rings. The summed E-state index contributed by atoms with van der Waals surface area (Å²) in [5, 5.41) is 2.26. The van der Waals surface area contributed by atoms with Crippen LogP contribution in [0.25, 0.3) is 0 Å². The second-order valence-corrected chi connectivity index (χ2v) is 5.67. The van der Waals surface area contributed by atoms with Crippen molar-refractivity contribution in [1.29, 1.82) is 0 Å². The minimum atomic E-state index is -0.195. The molecular formula is C19H23FNO2+. The highest BCUT2D eigenvalue weighted by atomic mass is 19.1. The maximum absolute atomic E-state index is 13.6. The lowest BCUT2D eigenvalue weighted by Gasteiger charge is -2.26. The van der Waals surface area contributed by atoms with Gasteiger partial charge in [-0.2, -0.15) is 0 Å².